The number of hydrogen-bond donors (Lipinski definition) is 7. The molecule has 7 N–H and O–H groups in total. The summed E-state index contributed by atoms with van der Waals surface area (Å²) in [5, 5.41) is 55.6. The summed E-state index contributed by atoms with van der Waals surface area (Å²) < 4.78 is 4.72. The summed E-state index contributed by atoms with van der Waals surface area (Å²) >= 11 is 0. The molecule has 0 rings (SSSR count). The van der Waals surface area contributed by atoms with E-state index in [0.29, 0.717) is 0 Å². The molecule has 15 heavy (non-hydrogen) atoms. The van der Waals surface area contributed by atoms with Crippen molar-refractivity contribution < 1.29 is 40.2 Å². The van der Waals surface area contributed by atoms with Crippen molar-refractivity contribution in [2.45, 2.75) is 12.2 Å². The van der Waals surface area contributed by atoms with Gasteiger partial charge in [0.15, 0.2) is 0 Å². The van der Waals surface area contributed by atoms with Gasteiger partial charge in [-0.25, -0.2) is 0 Å². The van der Waals surface area contributed by atoms with Crippen LogP contribution in [0.1, 0.15) is 0 Å². The van der Waals surface area contributed by atoms with Crippen LogP contribution in [0.15, 0.2) is 0 Å². The molecule has 2 unspecified atom stereocenters. The fourth-order valence-electron chi connectivity index (χ4n) is 0.446. The summed E-state index contributed by atoms with van der Waals surface area (Å²) in [5.74, 6) is 0. The van der Waals surface area contributed by atoms with Crippen molar-refractivity contribution in [3.8, 4) is 0 Å². The van der Waals surface area contributed by atoms with Crippen molar-refractivity contribution in [3.63, 3.8) is 0 Å². The molecule has 0 aromatic heterocycles. The molecular weight excluding hydrogens is 211 g/mol. The molecule has 92 valence electrons. The van der Waals surface area contributed by atoms with Gasteiger partial charge in [0.1, 0.15) is 12.2 Å². The van der Waals surface area contributed by atoms with Gasteiger partial charge in [-0.1, -0.05) is 0 Å². The summed E-state index contributed by atoms with van der Waals surface area (Å²) in [6, 6.07) is 0. The molecule has 0 aliphatic carbocycles. The Morgan fingerprint density at radius 2 is 1.13 bits per heavy atom. The van der Waals surface area contributed by atoms with E-state index in [0.717, 1.165) is 0 Å². The van der Waals surface area contributed by atoms with Crippen LogP contribution in [-0.4, -0.2) is 81.5 Å². The predicted octanol–water partition coefficient (Wildman–Crippen LogP) is -4.34. The summed E-state index contributed by atoms with van der Waals surface area (Å²) in [4.78, 5) is 0. The number of aliphatic hydroxyl groups excluding tert-OH is 4. The maximum Gasteiger partial charge on any atom is 0.631 e. The first-order chi connectivity index (χ1) is 6.93. The molecule has 0 bridgehead atoms. The third-order valence-electron chi connectivity index (χ3n) is 1.04. The zero-order valence-corrected chi connectivity index (χ0v) is 8.10. The molecule has 0 radical (unpaired) electrons. The average Bonchev–Trinajstić information content (AvgIpc) is 2.16. The van der Waals surface area contributed by atoms with Crippen LogP contribution >= 0.6 is 0 Å². The maximum absolute atomic E-state index is 8.72. The molecule has 0 aromatic carbocycles. The molecule has 0 aliphatic rings. The zero-order valence-electron chi connectivity index (χ0n) is 8.10. The van der Waals surface area contributed by atoms with Crippen LogP contribution in [0.3, 0.4) is 0 Å². The van der Waals surface area contributed by atoms with Crippen LogP contribution in [0.2, 0.25) is 0 Å². The van der Waals surface area contributed by atoms with E-state index >= 15 is 0 Å². The van der Waals surface area contributed by atoms with Crippen molar-refractivity contribution >= 4 is 7.32 Å². The Balaban J connectivity index is 0. The third kappa shape index (κ3) is 20.0. The van der Waals surface area contributed by atoms with Crippen molar-refractivity contribution in [1.29, 1.82) is 0 Å². The van der Waals surface area contributed by atoms with Crippen LogP contribution in [0.25, 0.3) is 0 Å². The van der Waals surface area contributed by atoms with Crippen LogP contribution in [0.4, 0.5) is 0 Å². The highest BCUT2D eigenvalue weighted by atomic mass is 16.5. The van der Waals surface area contributed by atoms with E-state index in [9.17, 15) is 0 Å². The number of hydrogen-bond acceptors (Lipinski definition) is 8. The van der Waals surface area contributed by atoms with Crippen molar-refractivity contribution in [2.75, 3.05) is 26.4 Å². The van der Waals surface area contributed by atoms with Gasteiger partial charge in [-0.05, 0) is 0 Å². The first-order valence-corrected chi connectivity index (χ1v) is 4.13. The van der Waals surface area contributed by atoms with Crippen molar-refractivity contribution in [2.24, 2.45) is 0 Å². The Hall–Kier alpha value is -0.255. The van der Waals surface area contributed by atoms with Gasteiger partial charge in [0.05, 0.1) is 26.4 Å². The summed E-state index contributed by atoms with van der Waals surface area (Å²) in [6.07, 6.45) is -1.83. The van der Waals surface area contributed by atoms with E-state index in [4.69, 9.17) is 40.2 Å². The lowest BCUT2D eigenvalue weighted by Crippen LogP contribution is -2.25. The molecule has 0 aliphatic heterocycles. The Kier molecular flexibility index (Phi) is 13.5. The molecule has 2 atom stereocenters. The van der Waals surface area contributed by atoms with Gasteiger partial charge >= 0.3 is 7.32 Å². The highest BCUT2D eigenvalue weighted by molar-refractivity contribution is 6.30. The van der Waals surface area contributed by atoms with Gasteiger partial charge in [-0.15, -0.1) is 0 Å². The highest BCUT2D eigenvalue weighted by Gasteiger charge is 2.04. The largest absolute Gasteiger partial charge is 0.631 e. The maximum atomic E-state index is 8.72. The fourth-order valence-corrected chi connectivity index (χ4v) is 0.446. The molecule has 8 nitrogen and oxygen atoms in total. The minimum absolute atomic E-state index is 0.0342. The number of aliphatic hydroxyl groups is 4. The highest BCUT2D eigenvalue weighted by Crippen LogP contribution is 1.87. The molecule has 0 saturated heterocycles. The minimum atomic E-state index is -2.17. The standard InChI is InChI=1S/C6H14O5.BH3O3/c7-1-5(9)3-11-4-6(10)2-8;2-1(3)4/h5-10H,1-4H2;2-4H. The molecule has 0 fully saturated rings. The quantitative estimate of drug-likeness (QED) is 0.225. The molecule has 0 spiro atoms. The summed E-state index contributed by atoms with van der Waals surface area (Å²) in [7, 11) is -2.17. The van der Waals surface area contributed by atoms with E-state index in [1.54, 1.807) is 0 Å². The van der Waals surface area contributed by atoms with Crippen LogP contribution in [0.5, 0.6) is 0 Å². The minimum Gasteiger partial charge on any atom is -0.402 e. The van der Waals surface area contributed by atoms with Crippen molar-refractivity contribution in [1.82, 2.24) is 0 Å². The number of rotatable bonds is 6. The molecule has 9 heteroatoms. The molecule has 0 saturated carbocycles. The molecule has 0 heterocycles. The predicted molar refractivity (Wildman–Crippen MR) is 49.4 cm³/mol. The van der Waals surface area contributed by atoms with E-state index in [1.807, 2.05) is 0 Å². The van der Waals surface area contributed by atoms with Crippen LogP contribution in [0, 0.1) is 0 Å². The molecule has 0 aromatic rings. The lowest BCUT2D eigenvalue weighted by Gasteiger charge is -2.10. The smallest absolute Gasteiger partial charge is 0.402 e. The Labute approximate surface area is 87.2 Å². The zero-order chi connectivity index (χ0) is 12.3. The van der Waals surface area contributed by atoms with Gasteiger partial charge < -0.3 is 40.2 Å². The van der Waals surface area contributed by atoms with E-state index in [1.165, 1.54) is 0 Å². The van der Waals surface area contributed by atoms with E-state index in [2.05, 4.69) is 0 Å². The lowest BCUT2D eigenvalue weighted by molar-refractivity contribution is -0.0364. The van der Waals surface area contributed by atoms with Gasteiger partial charge in [0.2, 0.25) is 0 Å². The Bertz CT molecular complexity index is 111. The second kappa shape index (κ2) is 11.8. The van der Waals surface area contributed by atoms with E-state index < -0.39 is 19.5 Å². The van der Waals surface area contributed by atoms with E-state index in [-0.39, 0.29) is 26.4 Å². The van der Waals surface area contributed by atoms with Gasteiger partial charge in [0.25, 0.3) is 0 Å². The van der Waals surface area contributed by atoms with Gasteiger partial charge in [-0.3, -0.25) is 0 Å². The SMILES string of the molecule is OB(O)O.OCC(O)COCC(O)CO. The van der Waals surface area contributed by atoms with Gasteiger partial charge in [-0.2, -0.15) is 0 Å². The number of ether oxygens (including phenoxy) is 1. The topological polar surface area (TPSA) is 151 Å². The van der Waals surface area contributed by atoms with Crippen molar-refractivity contribution in [3.05, 3.63) is 0 Å². The fraction of sp³-hybridized carbons (Fsp3) is 1.00. The monoisotopic (exact) mass is 228 g/mol. The Morgan fingerprint density at radius 3 is 1.33 bits per heavy atom. The second-order valence-corrected chi connectivity index (χ2v) is 2.56. The van der Waals surface area contributed by atoms with Crippen LogP contribution in [-0.2, 0) is 4.74 Å². The molecular formula is C6H17BO8. The third-order valence-corrected chi connectivity index (χ3v) is 1.04. The first kappa shape index (κ1) is 17.1. The first-order valence-electron chi connectivity index (χ1n) is 4.13. The van der Waals surface area contributed by atoms with Gasteiger partial charge in [0, 0.05) is 0 Å². The summed E-state index contributed by atoms with van der Waals surface area (Å²) in [6.45, 7) is -0.800. The Morgan fingerprint density at radius 1 is 0.867 bits per heavy atom. The lowest BCUT2D eigenvalue weighted by atomic mass is 10.3. The second-order valence-electron chi connectivity index (χ2n) is 2.56. The average molecular weight is 228 g/mol. The van der Waals surface area contributed by atoms with Crippen LogP contribution < -0.4 is 0 Å². The normalized spacial score (nSPS) is 13.8. The molecule has 0 amide bonds. The summed E-state index contributed by atoms with van der Waals surface area (Å²) in [5.41, 5.74) is 0.